The minimum absolute atomic E-state index is 0.0268. The lowest BCUT2D eigenvalue weighted by Crippen LogP contribution is -2.51. The second-order valence-electron chi connectivity index (χ2n) is 23.7. The van der Waals surface area contributed by atoms with Crippen LogP contribution in [0.15, 0.2) is 169 Å². The summed E-state index contributed by atoms with van der Waals surface area (Å²) in [5, 5.41) is 22.5. The Morgan fingerprint density at radius 2 is 1.09 bits per heavy atom. The normalized spacial score (nSPS) is 16.4. The molecule has 2 saturated carbocycles. The molecule has 4 atom stereocenters. The molecule has 508 valence electrons. The number of nitrogens with one attached hydrogen (secondary N) is 2. The van der Waals surface area contributed by atoms with E-state index in [1.807, 2.05) is 164 Å². The number of ether oxygens (including phenoxy) is 6. The number of rotatable bonds is 15. The fourth-order valence-electron chi connectivity index (χ4n) is 11.5. The van der Waals surface area contributed by atoms with Gasteiger partial charge in [-0.3, -0.25) is 9.59 Å². The van der Waals surface area contributed by atoms with Crippen molar-refractivity contribution < 1.29 is 52.4 Å². The number of piperidine rings is 2. The highest BCUT2D eigenvalue weighted by molar-refractivity contribution is 6.74. The third-order valence-electron chi connectivity index (χ3n) is 15.8. The molecule has 0 bridgehead atoms. The van der Waals surface area contributed by atoms with Crippen LogP contribution in [0.25, 0.3) is 37.8 Å². The first-order valence-electron chi connectivity index (χ1n) is 33.0. The number of likely N-dealkylation sites (tertiary alicyclic amines) is 1. The molecule has 4 aliphatic rings. The smallest absolute Gasteiger partial charge is 0.486 e. The summed E-state index contributed by atoms with van der Waals surface area (Å²) in [5.74, 6) is 4.15. The van der Waals surface area contributed by atoms with Gasteiger partial charge in [0, 0.05) is 29.8 Å². The summed E-state index contributed by atoms with van der Waals surface area (Å²) in [6.07, 6.45) is 15.3. The first-order valence-corrected chi connectivity index (χ1v) is 36.4. The van der Waals surface area contributed by atoms with E-state index in [2.05, 4.69) is 50.3 Å². The van der Waals surface area contributed by atoms with E-state index in [4.69, 9.17) is 35.8 Å². The Balaban J connectivity index is 0.000000183. The largest absolute Gasteiger partial charge is 0.561 e. The van der Waals surface area contributed by atoms with E-state index in [9.17, 15) is 24.0 Å². The molecule has 4 unspecified atom stereocenters. The third kappa shape index (κ3) is 22.9. The van der Waals surface area contributed by atoms with Gasteiger partial charge in [-0.05, 0) is 174 Å². The molecule has 12 rings (SSSR count). The molecule has 97 heavy (non-hydrogen) atoms. The molecule has 23 nitrogen and oxygen atoms in total. The fraction of sp³-hybridized carbons (Fsp3) is 0.370. The van der Waals surface area contributed by atoms with Crippen LogP contribution in [0.1, 0.15) is 129 Å². The van der Waals surface area contributed by atoms with Gasteiger partial charge in [-0.2, -0.15) is 19.8 Å². The highest BCUT2D eigenvalue weighted by atomic mass is 28.3. The molecule has 4 heterocycles. The number of benzene rings is 6. The zero-order valence-electron chi connectivity index (χ0n) is 56.0. The SMILES string of the molecule is C1CCC2NCCCC2C1.CCOC(=O)c1c(-c2ccccc2Oc2ccccc2)nnn1C(=O)N1CCCC2CCCCC21.CCOC(=O)c1n[nH]nc1-c1ccccc1Oc1ccccc1.C[Si](C)(C)N=[N+]=[N-].O=Cc1ccccc1Oc1ccccc1.[C-]#[N+]C(=O)OCC. The van der Waals surface area contributed by atoms with Crippen molar-refractivity contribution in [2.45, 2.75) is 130 Å². The predicted molar refractivity (Wildman–Crippen MR) is 372 cm³/mol. The topological polar surface area (TPSA) is 281 Å². The van der Waals surface area contributed by atoms with Crippen LogP contribution >= 0.6 is 0 Å². The van der Waals surface area contributed by atoms with Crippen molar-refractivity contribution in [3.05, 3.63) is 203 Å². The number of carbonyl (C=O) groups is 5. The molecule has 2 aliphatic carbocycles. The van der Waals surface area contributed by atoms with Crippen molar-refractivity contribution in [1.29, 1.82) is 0 Å². The maximum atomic E-state index is 13.8. The van der Waals surface area contributed by atoms with Crippen LogP contribution in [0.4, 0.5) is 9.59 Å². The van der Waals surface area contributed by atoms with Crippen LogP contribution in [0.2, 0.25) is 19.6 Å². The summed E-state index contributed by atoms with van der Waals surface area (Å²) < 4.78 is 36.8. The molecule has 2 amide bonds. The number of H-pyrrole nitrogens is 1. The second-order valence-corrected chi connectivity index (χ2v) is 28.2. The molecule has 2 aliphatic heterocycles. The molecule has 0 spiro atoms. The maximum absolute atomic E-state index is 13.8. The van der Waals surface area contributed by atoms with Gasteiger partial charge in [-0.1, -0.05) is 142 Å². The number of amides is 2. The van der Waals surface area contributed by atoms with Crippen LogP contribution < -0.4 is 19.5 Å². The molecule has 4 fully saturated rings. The van der Waals surface area contributed by atoms with E-state index in [0.717, 1.165) is 60.8 Å². The number of esters is 2. The molecule has 24 heteroatoms. The quantitative estimate of drug-likeness (QED) is 0.0141. The van der Waals surface area contributed by atoms with E-state index in [-0.39, 0.29) is 49.0 Å². The van der Waals surface area contributed by atoms with Crippen molar-refractivity contribution in [2.75, 3.05) is 32.9 Å². The summed E-state index contributed by atoms with van der Waals surface area (Å²) in [6.45, 7) is 19.8. The molecular formula is C73H86N12O11Si. The minimum Gasteiger partial charge on any atom is -0.486 e. The van der Waals surface area contributed by atoms with E-state index >= 15 is 0 Å². The lowest BCUT2D eigenvalue weighted by molar-refractivity contribution is 0.0502. The second kappa shape index (κ2) is 39.4. The number of fused-ring (bicyclic) bond motifs is 2. The summed E-state index contributed by atoms with van der Waals surface area (Å²) in [7, 11) is -1.45. The number of hydrogen-bond acceptors (Lipinski definition) is 17. The van der Waals surface area contributed by atoms with Crippen molar-refractivity contribution >= 4 is 38.6 Å². The monoisotopic (exact) mass is 1330 g/mol. The van der Waals surface area contributed by atoms with Crippen molar-refractivity contribution in [1.82, 2.24) is 40.6 Å². The molecule has 2 aromatic heterocycles. The van der Waals surface area contributed by atoms with Crippen LogP contribution in [0.5, 0.6) is 34.5 Å². The van der Waals surface area contributed by atoms with Crippen LogP contribution in [0.3, 0.4) is 0 Å². The Bertz CT molecular complexity index is 3830. The average Bonchev–Trinajstić information content (AvgIpc) is 1.71. The number of hydrogen-bond donors (Lipinski definition) is 2. The Hall–Kier alpha value is -10.5. The number of aromatic nitrogens is 6. The number of aldehydes is 1. The number of nitrogens with zero attached hydrogens (tertiary/aromatic N) is 10. The van der Waals surface area contributed by atoms with Crippen LogP contribution in [-0.2, 0) is 14.2 Å². The maximum Gasteiger partial charge on any atom is 0.561 e. The molecule has 2 N–H and O–H groups in total. The first kappa shape index (κ1) is 73.9. The van der Waals surface area contributed by atoms with E-state index in [1.165, 1.54) is 51.5 Å². The Labute approximate surface area is 567 Å². The highest BCUT2D eigenvalue weighted by Gasteiger charge is 2.39. The summed E-state index contributed by atoms with van der Waals surface area (Å²) in [4.78, 5) is 66.5. The number of carbonyl (C=O) groups excluding carboxylic acids is 5. The standard InChI is InChI=1S/C27H30N4O4.C17H15N3O3.C13H10O2.C9H17N.C4H5NO2.C3H9N3Si/c1-2-34-26(32)25-24(21-15-7-9-17-23(21)35-20-13-4-3-5-14-20)28-29-31(25)27(33)30-18-10-12-19-11-6-8-16-22(19)30;1-2-22-17(21)16-15(18-20-19-16)13-10-6-7-11-14(13)23-12-8-4-3-5-9-12;14-10-11-6-4-5-9-13(11)15-12-7-2-1-3-8-12;1-2-6-9-8(4-1)5-3-7-10-9;1-3-7-4(6)5-2;1-7(2,3)6-5-4/h3-5,7,9,13-15,17,19,22H,2,6,8,10-12,16,18H2,1H3;3-11H,2H2,1H3,(H,18,19,20);1-10H;8-10H,1-7H2;3H2,1H3;1-3H3. The first-order chi connectivity index (χ1) is 47.2. The van der Waals surface area contributed by atoms with Gasteiger partial charge in [0.15, 0.2) is 17.7 Å². The lowest BCUT2D eigenvalue weighted by atomic mass is 9.78. The van der Waals surface area contributed by atoms with Gasteiger partial charge in [0.2, 0.25) is 0 Å². The minimum atomic E-state index is -1.45. The molecular weight excluding hydrogens is 1250 g/mol. The molecule has 8 aromatic rings. The molecule has 2 saturated heterocycles. The molecule has 0 radical (unpaired) electrons. The van der Waals surface area contributed by atoms with Gasteiger partial charge < -0.3 is 38.6 Å². The van der Waals surface area contributed by atoms with Gasteiger partial charge >= 0.3 is 24.1 Å². The third-order valence-corrected chi connectivity index (χ3v) is 16.5. The van der Waals surface area contributed by atoms with E-state index < -0.39 is 26.3 Å². The lowest BCUT2D eigenvalue weighted by Gasteiger charge is -2.43. The van der Waals surface area contributed by atoms with E-state index in [1.54, 1.807) is 45.0 Å². The van der Waals surface area contributed by atoms with E-state index in [0.29, 0.717) is 63.6 Å². The summed E-state index contributed by atoms with van der Waals surface area (Å²) in [6, 6.07) is 50.7. The van der Waals surface area contributed by atoms with Gasteiger partial charge in [0.25, 0.3) is 0 Å². The van der Waals surface area contributed by atoms with Gasteiger partial charge in [-0.15, -0.1) is 15.0 Å². The summed E-state index contributed by atoms with van der Waals surface area (Å²) in [5.41, 5.74) is 10.5. The Morgan fingerprint density at radius 3 is 1.63 bits per heavy atom. The fourth-order valence-corrected chi connectivity index (χ4v) is 11.8. The number of para-hydroxylation sites is 6. The average molecular weight is 1340 g/mol. The van der Waals surface area contributed by atoms with Gasteiger partial charge in [0.05, 0.1) is 25.4 Å². The number of aromatic amines is 1. The molecule has 6 aromatic carbocycles. The Kier molecular flexibility index (Phi) is 30.0. The Morgan fingerprint density at radius 1 is 0.598 bits per heavy atom. The van der Waals surface area contributed by atoms with Gasteiger partial charge in [-0.25, -0.2) is 14.4 Å². The zero-order valence-corrected chi connectivity index (χ0v) is 57.0. The van der Waals surface area contributed by atoms with Crippen molar-refractivity contribution in [3.63, 3.8) is 0 Å². The van der Waals surface area contributed by atoms with Crippen LogP contribution in [-0.4, -0.2) is 119 Å². The van der Waals surface area contributed by atoms with Crippen LogP contribution in [0, 0.1) is 18.4 Å². The number of azide groups is 1. The van der Waals surface area contributed by atoms with Crippen molar-refractivity contribution in [2.24, 2.45) is 16.6 Å². The highest BCUT2D eigenvalue weighted by Crippen LogP contribution is 2.39. The van der Waals surface area contributed by atoms with Gasteiger partial charge in [0.1, 0.15) is 60.7 Å². The zero-order chi connectivity index (χ0) is 69.2. The predicted octanol–water partition coefficient (Wildman–Crippen LogP) is 17.4. The summed E-state index contributed by atoms with van der Waals surface area (Å²) >= 11 is 0. The van der Waals surface area contributed by atoms with Crippen molar-refractivity contribution in [3.8, 4) is 57.0 Å².